The summed E-state index contributed by atoms with van der Waals surface area (Å²) in [5.74, 6) is -2.10. The fourth-order valence-corrected chi connectivity index (χ4v) is 2.04. The number of carbonyl (C=O) groups excluding carboxylic acids is 2. The molecular formula is C13H14N2O4. The molecule has 0 spiro atoms. The monoisotopic (exact) mass is 262 g/mol. The third kappa shape index (κ3) is 3.09. The van der Waals surface area contributed by atoms with Gasteiger partial charge in [-0.05, 0) is 12.1 Å². The maximum absolute atomic E-state index is 12.3. The van der Waals surface area contributed by atoms with E-state index in [1.165, 1.54) is 4.90 Å². The molecule has 0 aliphatic carbocycles. The van der Waals surface area contributed by atoms with E-state index in [1.807, 2.05) is 0 Å². The number of amides is 2. The second-order valence-corrected chi connectivity index (χ2v) is 4.36. The van der Waals surface area contributed by atoms with Gasteiger partial charge in [0.05, 0.1) is 5.92 Å². The lowest BCUT2D eigenvalue weighted by Crippen LogP contribution is -2.40. The van der Waals surface area contributed by atoms with Crippen LogP contribution in [0.2, 0.25) is 0 Å². The van der Waals surface area contributed by atoms with Gasteiger partial charge >= 0.3 is 5.97 Å². The van der Waals surface area contributed by atoms with Crippen molar-refractivity contribution in [3.63, 3.8) is 0 Å². The van der Waals surface area contributed by atoms with E-state index in [4.69, 9.17) is 5.11 Å². The van der Waals surface area contributed by atoms with Crippen molar-refractivity contribution in [2.24, 2.45) is 5.92 Å². The van der Waals surface area contributed by atoms with Crippen LogP contribution in [0.4, 0.5) is 5.69 Å². The zero-order chi connectivity index (χ0) is 13.8. The van der Waals surface area contributed by atoms with Crippen LogP contribution < -0.4 is 10.2 Å². The van der Waals surface area contributed by atoms with E-state index in [2.05, 4.69) is 5.32 Å². The highest BCUT2D eigenvalue weighted by molar-refractivity contribution is 6.01. The number of carbonyl (C=O) groups is 3. The summed E-state index contributed by atoms with van der Waals surface area (Å²) in [7, 11) is 0. The molecule has 1 unspecified atom stereocenters. The van der Waals surface area contributed by atoms with Crippen LogP contribution in [-0.4, -0.2) is 36.0 Å². The molecule has 2 N–H and O–H groups in total. The molecule has 6 heteroatoms. The van der Waals surface area contributed by atoms with Gasteiger partial charge < -0.3 is 15.3 Å². The number of hydrogen-bond donors (Lipinski definition) is 2. The molecule has 19 heavy (non-hydrogen) atoms. The van der Waals surface area contributed by atoms with Gasteiger partial charge in [0, 0.05) is 18.7 Å². The van der Waals surface area contributed by atoms with Crippen molar-refractivity contribution in [3.05, 3.63) is 30.3 Å². The van der Waals surface area contributed by atoms with Crippen LogP contribution in [0.3, 0.4) is 0 Å². The second-order valence-electron chi connectivity index (χ2n) is 4.36. The quantitative estimate of drug-likeness (QED) is 0.813. The number of hydrogen-bond acceptors (Lipinski definition) is 3. The molecule has 1 aliphatic heterocycles. The van der Waals surface area contributed by atoms with Gasteiger partial charge in [0.25, 0.3) is 0 Å². The first kappa shape index (κ1) is 13.1. The number of rotatable bonds is 4. The first-order chi connectivity index (χ1) is 9.08. The van der Waals surface area contributed by atoms with Gasteiger partial charge in [0.2, 0.25) is 11.8 Å². The minimum atomic E-state index is -1.09. The molecule has 2 amide bonds. The number of aliphatic carboxylic acids is 1. The van der Waals surface area contributed by atoms with E-state index in [0.29, 0.717) is 5.69 Å². The Morgan fingerprint density at radius 1 is 1.32 bits per heavy atom. The van der Waals surface area contributed by atoms with Crippen molar-refractivity contribution in [2.45, 2.75) is 6.42 Å². The summed E-state index contributed by atoms with van der Waals surface area (Å²) < 4.78 is 0. The Balaban J connectivity index is 2.20. The Morgan fingerprint density at radius 2 is 2.00 bits per heavy atom. The molecule has 6 nitrogen and oxygen atoms in total. The van der Waals surface area contributed by atoms with E-state index in [-0.39, 0.29) is 24.8 Å². The maximum Gasteiger partial charge on any atom is 0.323 e. The smallest absolute Gasteiger partial charge is 0.323 e. The third-order valence-electron chi connectivity index (χ3n) is 2.95. The van der Waals surface area contributed by atoms with E-state index in [9.17, 15) is 14.4 Å². The zero-order valence-corrected chi connectivity index (χ0v) is 10.2. The number of carboxylic acids is 1. The standard InChI is InChI=1S/C13H14N2O4/c16-11-6-9(7-14-11)13(19)15(8-12(17)18)10-4-2-1-3-5-10/h1-5,9H,6-8H2,(H,14,16)(H,17,18). The van der Waals surface area contributed by atoms with Gasteiger partial charge in [-0.15, -0.1) is 0 Å². The summed E-state index contributed by atoms with van der Waals surface area (Å²) in [5, 5.41) is 11.5. The Labute approximate surface area is 110 Å². The summed E-state index contributed by atoms with van der Waals surface area (Å²) in [5.41, 5.74) is 0.522. The first-order valence-electron chi connectivity index (χ1n) is 5.93. The number of carboxylic acid groups (broad SMARTS) is 1. The molecule has 0 aromatic heterocycles. The lowest BCUT2D eigenvalue weighted by molar-refractivity contribution is -0.137. The number of nitrogens with zero attached hydrogens (tertiary/aromatic N) is 1. The summed E-state index contributed by atoms with van der Waals surface area (Å²) >= 11 is 0. The molecule has 2 rings (SSSR count). The SMILES string of the molecule is O=C(O)CN(C(=O)C1CNC(=O)C1)c1ccccc1. The molecule has 1 heterocycles. The second kappa shape index (κ2) is 5.51. The minimum Gasteiger partial charge on any atom is -0.480 e. The van der Waals surface area contributed by atoms with E-state index >= 15 is 0 Å². The fraction of sp³-hybridized carbons (Fsp3) is 0.308. The van der Waals surface area contributed by atoms with Crippen molar-refractivity contribution < 1.29 is 19.5 Å². The largest absolute Gasteiger partial charge is 0.480 e. The van der Waals surface area contributed by atoms with Gasteiger partial charge in [-0.3, -0.25) is 14.4 Å². The molecule has 1 aliphatic rings. The van der Waals surface area contributed by atoms with E-state index < -0.39 is 18.4 Å². The molecule has 0 radical (unpaired) electrons. The first-order valence-corrected chi connectivity index (χ1v) is 5.93. The topological polar surface area (TPSA) is 86.7 Å². The predicted molar refractivity (Wildman–Crippen MR) is 67.5 cm³/mol. The lowest BCUT2D eigenvalue weighted by atomic mass is 10.1. The molecule has 1 saturated heterocycles. The summed E-state index contributed by atoms with van der Waals surface area (Å²) in [6, 6.07) is 8.59. The molecule has 0 saturated carbocycles. The summed E-state index contributed by atoms with van der Waals surface area (Å²) in [6.45, 7) is -0.145. The molecule has 0 bridgehead atoms. The average Bonchev–Trinajstić information content (AvgIpc) is 2.83. The Hall–Kier alpha value is -2.37. The van der Waals surface area contributed by atoms with Crippen LogP contribution in [-0.2, 0) is 14.4 Å². The fourth-order valence-electron chi connectivity index (χ4n) is 2.04. The molecular weight excluding hydrogens is 248 g/mol. The predicted octanol–water partition coefficient (Wildman–Crippen LogP) is 0.240. The highest BCUT2D eigenvalue weighted by Crippen LogP contribution is 2.19. The number of anilines is 1. The van der Waals surface area contributed by atoms with E-state index in [0.717, 1.165) is 0 Å². The average molecular weight is 262 g/mol. The van der Waals surface area contributed by atoms with E-state index in [1.54, 1.807) is 30.3 Å². The normalized spacial score (nSPS) is 17.9. The van der Waals surface area contributed by atoms with Crippen molar-refractivity contribution in [1.82, 2.24) is 5.32 Å². The van der Waals surface area contributed by atoms with Crippen molar-refractivity contribution in [3.8, 4) is 0 Å². The lowest BCUT2D eigenvalue weighted by Gasteiger charge is -2.23. The van der Waals surface area contributed by atoms with Gasteiger partial charge in [0.1, 0.15) is 6.54 Å². The van der Waals surface area contributed by atoms with Crippen LogP contribution in [0, 0.1) is 5.92 Å². The highest BCUT2D eigenvalue weighted by atomic mass is 16.4. The van der Waals surface area contributed by atoms with Gasteiger partial charge in [-0.25, -0.2) is 0 Å². The molecule has 1 atom stereocenters. The summed E-state index contributed by atoms with van der Waals surface area (Å²) in [6.07, 6.45) is 0.113. The van der Waals surface area contributed by atoms with Gasteiger partial charge in [0.15, 0.2) is 0 Å². The minimum absolute atomic E-state index is 0.113. The molecule has 1 aromatic carbocycles. The van der Waals surface area contributed by atoms with Gasteiger partial charge in [-0.1, -0.05) is 18.2 Å². The van der Waals surface area contributed by atoms with Gasteiger partial charge in [-0.2, -0.15) is 0 Å². The van der Waals surface area contributed by atoms with Crippen LogP contribution in [0.5, 0.6) is 0 Å². The van der Waals surface area contributed by atoms with Crippen molar-refractivity contribution in [2.75, 3.05) is 18.0 Å². The summed E-state index contributed by atoms with van der Waals surface area (Å²) in [4.78, 5) is 35.5. The van der Waals surface area contributed by atoms with Crippen LogP contribution >= 0.6 is 0 Å². The van der Waals surface area contributed by atoms with Crippen LogP contribution in [0.25, 0.3) is 0 Å². The molecule has 1 fully saturated rings. The molecule has 1 aromatic rings. The molecule has 100 valence electrons. The Kier molecular flexibility index (Phi) is 3.79. The Morgan fingerprint density at radius 3 is 2.53 bits per heavy atom. The van der Waals surface area contributed by atoms with Crippen LogP contribution in [0.1, 0.15) is 6.42 Å². The third-order valence-corrected chi connectivity index (χ3v) is 2.95. The highest BCUT2D eigenvalue weighted by Gasteiger charge is 2.32. The number of nitrogens with one attached hydrogen (secondary N) is 1. The van der Waals surface area contributed by atoms with Crippen molar-refractivity contribution >= 4 is 23.5 Å². The zero-order valence-electron chi connectivity index (χ0n) is 10.2. The Bertz CT molecular complexity index is 501. The number of para-hydroxylation sites is 1. The maximum atomic E-state index is 12.3. The van der Waals surface area contributed by atoms with Crippen molar-refractivity contribution in [1.29, 1.82) is 0 Å². The number of benzene rings is 1. The van der Waals surface area contributed by atoms with Crippen LogP contribution in [0.15, 0.2) is 30.3 Å².